The van der Waals surface area contributed by atoms with Crippen molar-refractivity contribution in [1.82, 2.24) is 9.78 Å². The summed E-state index contributed by atoms with van der Waals surface area (Å²) in [5.74, 6) is 0. The third kappa shape index (κ3) is 1.79. The molecule has 15 heavy (non-hydrogen) atoms. The number of halogens is 1. The van der Waals surface area contributed by atoms with Crippen molar-refractivity contribution in [3.8, 4) is 0 Å². The molecular formula is C9H12ClN3O2. The van der Waals surface area contributed by atoms with E-state index in [4.69, 9.17) is 22.1 Å². The lowest BCUT2D eigenvalue weighted by molar-refractivity contribution is 0.145. The predicted octanol–water partition coefficient (Wildman–Crippen LogP) is 0.764. The Morgan fingerprint density at radius 2 is 2.60 bits per heavy atom. The van der Waals surface area contributed by atoms with Gasteiger partial charge in [0.15, 0.2) is 0 Å². The number of rotatable bonds is 3. The Labute approximate surface area is 92.1 Å². The number of alkyl halides is 1. The van der Waals surface area contributed by atoms with Crippen LogP contribution in [0, 0.1) is 0 Å². The van der Waals surface area contributed by atoms with Gasteiger partial charge in [0.25, 0.3) is 0 Å². The van der Waals surface area contributed by atoms with E-state index in [0.29, 0.717) is 0 Å². The first kappa shape index (κ1) is 10.3. The standard InChI is InChI=1S/C9H12ClN3O2/c1-13-4-6(3-12-13)9(2-7(9)10)5-15-8(11)14/h3-4,7H,2,5H2,1H3,(H2,11,14). The molecule has 82 valence electrons. The highest BCUT2D eigenvalue weighted by Crippen LogP contribution is 2.52. The average molecular weight is 230 g/mol. The molecule has 6 heteroatoms. The second-order valence-electron chi connectivity index (χ2n) is 3.84. The van der Waals surface area contributed by atoms with Gasteiger partial charge in [-0.05, 0) is 6.42 Å². The van der Waals surface area contributed by atoms with Crippen LogP contribution in [0.15, 0.2) is 12.4 Å². The molecule has 0 spiro atoms. The number of carbonyl (C=O) groups is 1. The quantitative estimate of drug-likeness (QED) is 0.779. The number of aryl methyl sites for hydroxylation is 1. The van der Waals surface area contributed by atoms with Crippen LogP contribution in [0.2, 0.25) is 0 Å². The summed E-state index contributed by atoms with van der Waals surface area (Å²) in [5, 5.41) is 4.06. The fraction of sp³-hybridized carbons (Fsp3) is 0.556. The summed E-state index contributed by atoms with van der Waals surface area (Å²) in [5.41, 5.74) is 5.64. The van der Waals surface area contributed by atoms with Gasteiger partial charge in [0.1, 0.15) is 6.61 Å². The Morgan fingerprint density at radius 1 is 1.93 bits per heavy atom. The van der Waals surface area contributed by atoms with E-state index in [1.807, 2.05) is 13.2 Å². The SMILES string of the molecule is Cn1cc(C2(COC(N)=O)CC2Cl)cn1. The maximum atomic E-state index is 10.6. The highest BCUT2D eigenvalue weighted by atomic mass is 35.5. The molecule has 1 aromatic rings. The second kappa shape index (κ2) is 3.41. The summed E-state index contributed by atoms with van der Waals surface area (Å²) >= 11 is 6.07. The maximum Gasteiger partial charge on any atom is 0.404 e. The van der Waals surface area contributed by atoms with Crippen LogP contribution < -0.4 is 5.73 Å². The van der Waals surface area contributed by atoms with E-state index in [2.05, 4.69) is 5.10 Å². The molecule has 1 aliphatic carbocycles. The molecule has 0 aliphatic heterocycles. The van der Waals surface area contributed by atoms with Crippen molar-refractivity contribution in [3.63, 3.8) is 0 Å². The first-order valence-corrected chi connectivity index (χ1v) is 5.04. The second-order valence-corrected chi connectivity index (χ2v) is 4.37. The molecule has 0 saturated heterocycles. The van der Waals surface area contributed by atoms with Crippen molar-refractivity contribution in [2.24, 2.45) is 12.8 Å². The van der Waals surface area contributed by atoms with Crippen LogP contribution in [0.4, 0.5) is 4.79 Å². The lowest BCUT2D eigenvalue weighted by Crippen LogP contribution is -2.23. The zero-order valence-electron chi connectivity index (χ0n) is 8.31. The van der Waals surface area contributed by atoms with Gasteiger partial charge in [0.2, 0.25) is 0 Å². The van der Waals surface area contributed by atoms with Crippen molar-refractivity contribution < 1.29 is 9.53 Å². The van der Waals surface area contributed by atoms with E-state index in [1.165, 1.54) is 0 Å². The molecule has 2 rings (SSSR count). The minimum absolute atomic E-state index is 0.0129. The number of hydrogen-bond acceptors (Lipinski definition) is 3. The van der Waals surface area contributed by atoms with Crippen molar-refractivity contribution in [2.45, 2.75) is 17.2 Å². The number of aromatic nitrogens is 2. The van der Waals surface area contributed by atoms with Gasteiger partial charge in [-0.25, -0.2) is 4.79 Å². The highest BCUT2D eigenvalue weighted by molar-refractivity contribution is 6.24. The summed E-state index contributed by atoms with van der Waals surface area (Å²) in [7, 11) is 1.83. The van der Waals surface area contributed by atoms with Gasteiger partial charge in [-0.2, -0.15) is 5.10 Å². The Balaban J connectivity index is 2.13. The Bertz CT molecular complexity index is 392. The normalized spacial score (nSPS) is 28.8. The minimum atomic E-state index is -0.769. The number of nitrogens with zero attached hydrogens (tertiary/aromatic N) is 2. The van der Waals surface area contributed by atoms with Gasteiger partial charge in [-0.1, -0.05) is 0 Å². The van der Waals surface area contributed by atoms with Gasteiger partial charge in [-0.15, -0.1) is 11.6 Å². The third-order valence-corrected chi connectivity index (χ3v) is 3.31. The number of nitrogens with two attached hydrogens (primary N) is 1. The van der Waals surface area contributed by atoms with E-state index in [9.17, 15) is 4.79 Å². The van der Waals surface area contributed by atoms with Crippen LogP contribution in [-0.4, -0.2) is 27.9 Å². The summed E-state index contributed by atoms with van der Waals surface area (Å²) < 4.78 is 6.52. The number of hydrogen-bond donors (Lipinski definition) is 1. The Hall–Kier alpha value is -1.23. The zero-order valence-corrected chi connectivity index (χ0v) is 9.07. The number of primary amides is 1. The smallest absolute Gasteiger partial charge is 0.404 e. The first-order chi connectivity index (χ1) is 7.04. The van der Waals surface area contributed by atoms with Crippen LogP contribution in [0.5, 0.6) is 0 Å². The summed E-state index contributed by atoms with van der Waals surface area (Å²) in [6.45, 7) is 0.224. The van der Waals surface area contributed by atoms with Crippen molar-refractivity contribution in [2.75, 3.05) is 6.61 Å². The molecule has 1 aliphatic rings. The molecule has 1 aromatic heterocycles. The molecule has 2 atom stereocenters. The van der Waals surface area contributed by atoms with Gasteiger partial charge in [0.05, 0.1) is 11.6 Å². The summed E-state index contributed by atoms with van der Waals surface area (Å²) in [4.78, 5) is 10.6. The van der Waals surface area contributed by atoms with E-state index >= 15 is 0 Å². The van der Waals surface area contributed by atoms with E-state index in [1.54, 1.807) is 10.9 Å². The van der Waals surface area contributed by atoms with Crippen LogP contribution in [0.25, 0.3) is 0 Å². The van der Waals surface area contributed by atoms with Gasteiger partial charge in [-0.3, -0.25) is 4.68 Å². The molecule has 1 heterocycles. The highest BCUT2D eigenvalue weighted by Gasteiger charge is 2.56. The molecule has 1 fully saturated rings. The van der Waals surface area contributed by atoms with Gasteiger partial charge in [0, 0.05) is 24.2 Å². The van der Waals surface area contributed by atoms with Crippen molar-refractivity contribution in [3.05, 3.63) is 18.0 Å². The fourth-order valence-corrected chi connectivity index (χ4v) is 2.13. The van der Waals surface area contributed by atoms with Gasteiger partial charge >= 0.3 is 6.09 Å². The van der Waals surface area contributed by atoms with Crippen LogP contribution >= 0.6 is 11.6 Å². The zero-order chi connectivity index (χ0) is 11.1. The molecule has 2 N–H and O–H groups in total. The topological polar surface area (TPSA) is 70.1 Å². The molecule has 0 radical (unpaired) electrons. The van der Waals surface area contributed by atoms with Crippen molar-refractivity contribution in [1.29, 1.82) is 0 Å². The number of carbonyl (C=O) groups excluding carboxylic acids is 1. The van der Waals surface area contributed by atoms with Crippen LogP contribution in [0.3, 0.4) is 0 Å². The number of amides is 1. The maximum absolute atomic E-state index is 10.6. The van der Waals surface area contributed by atoms with Crippen LogP contribution in [-0.2, 0) is 17.2 Å². The Morgan fingerprint density at radius 3 is 3.00 bits per heavy atom. The lowest BCUT2D eigenvalue weighted by atomic mass is 10.0. The predicted molar refractivity (Wildman–Crippen MR) is 54.7 cm³/mol. The molecule has 5 nitrogen and oxygen atoms in total. The fourth-order valence-electron chi connectivity index (χ4n) is 1.67. The molecule has 0 aromatic carbocycles. The minimum Gasteiger partial charge on any atom is -0.449 e. The Kier molecular flexibility index (Phi) is 2.34. The van der Waals surface area contributed by atoms with Crippen molar-refractivity contribution >= 4 is 17.7 Å². The van der Waals surface area contributed by atoms with E-state index in [0.717, 1.165) is 12.0 Å². The summed E-state index contributed by atoms with van der Waals surface area (Å²) in [6.07, 6.45) is 3.64. The third-order valence-electron chi connectivity index (χ3n) is 2.73. The number of ether oxygens (including phenoxy) is 1. The first-order valence-electron chi connectivity index (χ1n) is 4.60. The monoisotopic (exact) mass is 229 g/mol. The van der Waals surface area contributed by atoms with E-state index in [-0.39, 0.29) is 17.4 Å². The largest absolute Gasteiger partial charge is 0.449 e. The molecule has 1 saturated carbocycles. The molecule has 2 unspecified atom stereocenters. The molecule has 0 bridgehead atoms. The average Bonchev–Trinajstić information content (AvgIpc) is 2.59. The van der Waals surface area contributed by atoms with Crippen LogP contribution in [0.1, 0.15) is 12.0 Å². The lowest BCUT2D eigenvalue weighted by Gasteiger charge is -2.12. The van der Waals surface area contributed by atoms with Gasteiger partial charge < -0.3 is 10.5 Å². The van der Waals surface area contributed by atoms with E-state index < -0.39 is 6.09 Å². The molecular weight excluding hydrogens is 218 g/mol. The summed E-state index contributed by atoms with van der Waals surface area (Å²) in [6, 6.07) is 0. The molecule has 1 amide bonds.